The smallest absolute Gasteiger partial charge is 0.338 e. The summed E-state index contributed by atoms with van der Waals surface area (Å²) in [5.41, 5.74) is 6.41. The van der Waals surface area contributed by atoms with Crippen LogP contribution in [0.1, 0.15) is 32.3 Å². The Morgan fingerprint density at radius 3 is 2.16 bits per heavy atom. The van der Waals surface area contributed by atoms with Gasteiger partial charge in [0.25, 0.3) is 0 Å². The van der Waals surface area contributed by atoms with Gasteiger partial charge in [0, 0.05) is 45.0 Å². The fourth-order valence-electron chi connectivity index (χ4n) is 4.78. The highest BCUT2D eigenvalue weighted by atomic mass is 35.5. The lowest BCUT2D eigenvalue weighted by atomic mass is 10.0. The van der Waals surface area contributed by atoms with Gasteiger partial charge < -0.3 is 20.9 Å². The molecule has 0 unspecified atom stereocenters. The Balaban J connectivity index is 0.00000400. The predicted molar refractivity (Wildman–Crippen MR) is 150 cm³/mol. The second-order valence-corrected chi connectivity index (χ2v) is 10.4. The molecule has 2 aliphatic heterocycles. The van der Waals surface area contributed by atoms with E-state index in [0.29, 0.717) is 32.2 Å². The lowest BCUT2D eigenvalue weighted by molar-refractivity contribution is -0.137. The Hall–Kier alpha value is -2.99. The quantitative estimate of drug-likeness (QED) is 0.497. The van der Waals surface area contributed by atoms with Crippen molar-refractivity contribution >= 4 is 30.2 Å². The number of halogens is 1. The number of nitrogens with two attached hydrogens (primary N) is 1. The summed E-state index contributed by atoms with van der Waals surface area (Å²) in [5.74, 6) is 0.0504. The van der Waals surface area contributed by atoms with E-state index in [9.17, 15) is 14.4 Å². The first-order valence-corrected chi connectivity index (χ1v) is 12.9. The SMILES string of the molecule is CNC1CCN(Cc2ccc(-n3ccc(NC(=O)N4CCN(C(=O)C(C)(C)N)CC4)nc3=O)cc2)CC1.Cl. The molecule has 12 heteroatoms. The summed E-state index contributed by atoms with van der Waals surface area (Å²) in [7, 11) is 2.02. The van der Waals surface area contributed by atoms with E-state index in [1.54, 1.807) is 35.9 Å². The van der Waals surface area contributed by atoms with Crippen LogP contribution >= 0.6 is 12.4 Å². The molecule has 0 saturated carbocycles. The molecule has 1 aromatic carbocycles. The molecule has 1 aromatic heterocycles. The number of hydrogen-bond acceptors (Lipinski definition) is 7. The van der Waals surface area contributed by atoms with E-state index in [2.05, 4.69) is 20.5 Å². The molecule has 38 heavy (non-hydrogen) atoms. The van der Waals surface area contributed by atoms with Crippen LogP contribution in [0.3, 0.4) is 0 Å². The van der Waals surface area contributed by atoms with Crippen molar-refractivity contribution < 1.29 is 9.59 Å². The molecular formula is C26H39ClN8O3. The lowest BCUT2D eigenvalue weighted by Gasteiger charge is -2.37. The van der Waals surface area contributed by atoms with Gasteiger partial charge in [-0.3, -0.25) is 19.6 Å². The number of urea groups is 1. The molecule has 0 atom stereocenters. The van der Waals surface area contributed by atoms with Gasteiger partial charge in [-0.25, -0.2) is 9.59 Å². The highest BCUT2D eigenvalue weighted by Crippen LogP contribution is 2.16. The zero-order valence-corrected chi connectivity index (χ0v) is 23.2. The molecule has 3 amide bonds. The second-order valence-electron chi connectivity index (χ2n) is 10.4. The molecule has 4 rings (SSSR count). The molecule has 208 valence electrons. The number of nitrogens with zero attached hydrogens (tertiary/aromatic N) is 5. The van der Waals surface area contributed by atoms with Crippen LogP contribution in [0.5, 0.6) is 0 Å². The number of hydrogen-bond donors (Lipinski definition) is 3. The Labute approximate surface area is 229 Å². The Bertz CT molecular complexity index is 1150. The van der Waals surface area contributed by atoms with Crippen molar-refractivity contribution in [2.24, 2.45) is 5.73 Å². The number of rotatable bonds is 6. The Kier molecular flexibility index (Phi) is 9.88. The van der Waals surface area contributed by atoms with Crippen LogP contribution in [-0.4, -0.2) is 94.1 Å². The molecule has 2 saturated heterocycles. The summed E-state index contributed by atoms with van der Waals surface area (Å²) in [6, 6.07) is 9.77. The molecule has 0 spiro atoms. The zero-order valence-electron chi connectivity index (χ0n) is 22.4. The van der Waals surface area contributed by atoms with E-state index in [1.807, 2.05) is 31.3 Å². The summed E-state index contributed by atoms with van der Waals surface area (Å²) in [6.45, 7) is 7.96. The Morgan fingerprint density at radius 1 is 1.00 bits per heavy atom. The van der Waals surface area contributed by atoms with Gasteiger partial charge in [-0.2, -0.15) is 4.98 Å². The van der Waals surface area contributed by atoms with Crippen LogP contribution in [0.2, 0.25) is 0 Å². The third-order valence-electron chi connectivity index (χ3n) is 7.06. The van der Waals surface area contributed by atoms with Crippen LogP contribution in [0, 0.1) is 0 Å². The van der Waals surface area contributed by atoms with Crippen molar-refractivity contribution in [1.82, 2.24) is 29.6 Å². The van der Waals surface area contributed by atoms with Gasteiger partial charge in [0.2, 0.25) is 5.91 Å². The number of piperidine rings is 1. The summed E-state index contributed by atoms with van der Waals surface area (Å²) >= 11 is 0. The maximum absolute atomic E-state index is 12.7. The molecule has 2 aliphatic rings. The molecule has 4 N–H and O–H groups in total. The number of likely N-dealkylation sites (tertiary alicyclic amines) is 1. The van der Waals surface area contributed by atoms with Gasteiger partial charge >= 0.3 is 11.7 Å². The van der Waals surface area contributed by atoms with Gasteiger partial charge in [-0.1, -0.05) is 12.1 Å². The topological polar surface area (TPSA) is 129 Å². The van der Waals surface area contributed by atoms with Gasteiger partial charge in [0.1, 0.15) is 5.82 Å². The number of carbonyl (C=O) groups is 2. The second kappa shape index (κ2) is 12.7. The molecule has 3 heterocycles. The van der Waals surface area contributed by atoms with Crippen molar-refractivity contribution in [2.45, 2.75) is 44.8 Å². The largest absolute Gasteiger partial charge is 0.354 e. The number of aromatic nitrogens is 2. The minimum absolute atomic E-state index is 0. The standard InChI is InChI=1S/C26H38N8O3.ClH/c1-26(2,27)23(35)32-14-16-33(17-15-32)24(36)29-22-10-13-34(25(37)30-22)21-6-4-19(5-7-21)18-31-11-8-20(28-3)9-12-31;/h4-7,10,13,20,28H,8-9,11-12,14-18,27H2,1-3H3,(H,29,30,36,37);1H. The first-order chi connectivity index (χ1) is 17.6. The predicted octanol–water partition coefficient (Wildman–Crippen LogP) is 1.25. The van der Waals surface area contributed by atoms with Crippen LogP contribution in [0.15, 0.2) is 41.3 Å². The van der Waals surface area contributed by atoms with Crippen LogP contribution in [0.25, 0.3) is 5.69 Å². The van der Waals surface area contributed by atoms with E-state index in [1.165, 1.54) is 10.1 Å². The van der Waals surface area contributed by atoms with Gasteiger partial charge in [-0.15, -0.1) is 12.4 Å². The average molecular weight is 547 g/mol. The van der Waals surface area contributed by atoms with Gasteiger partial charge in [0.15, 0.2) is 0 Å². The third-order valence-corrected chi connectivity index (χ3v) is 7.06. The summed E-state index contributed by atoms with van der Waals surface area (Å²) < 4.78 is 1.46. The number of nitrogens with one attached hydrogen (secondary N) is 2. The van der Waals surface area contributed by atoms with Gasteiger partial charge in [-0.05, 0) is 70.6 Å². The van der Waals surface area contributed by atoms with Gasteiger partial charge in [0.05, 0.1) is 11.2 Å². The summed E-state index contributed by atoms with van der Waals surface area (Å²) in [6.07, 6.45) is 3.92. The first kappa shape index (κ1) is 29.6. The molecule has 0 bridgehead atoms. The van der Waals surface area contributed by atoms with Crippen molar-refractivity contribution in [2.75, 3.05) is 51.6 Å². The molecule has 0 aliphatic carbocycles. The highest BCUT2D eigenvalue weighted by molar-refractivity contribution is 5.89. The van der Waals surface area contributed by atoms with Crippen LogP contribution in [-0.2, 0) is 11.3 Å². The number of piperazine rings is 1. The average Bonchev–Trinajstić information content (AvgIpc) is 2.89. The first-order valence-electron chi connectivity index (χ1n) is 12.9. The van der Waals surface area contributed by atoms with Crippen LogP contribution in [0.4, 0.5) is 10.6 Å². The lowest BCUT2D eigenvalue weighted by Crippen LogP contribution is -2.58. The van der Waals surface area contributed by atoms with Crippen molar-refractivity contribution in [3.05, 3.63) is 52.6 Å². The molecule has 0 radical (unpaired) electrons. The fourth-order valence-corrected chi connectivity index (χ4v) is 4.78. The number of anilines is 1. The number of amides is 3. The minimum atomic E-state index is -0.942. The van der Waals surface area contributed by atoms with E-state index in [4.69, 9.17) is 5.73 Å². The van der Waals surface area contributed by atoms with E-state index < -0.39 is 11.2 Å². The monoisotopic (exact) mass is 546 g/mol. The summed E-state index contributed by atoms with van der Waals surface area (Å²) in [4.78, 5) is 47.5. The maximum Gasteiger partial charge on any atom is 0.354 e. The highest BCUT2D eigenvalue weighted by Gasteiger charge is 2.31. The van der Waals surface area contributed by atoms with Crippen LogP contribution < -0.4 is 22.1 Å². The summed E-state index contributed by atoms with van der Waals surface area (Å²) in [5, 5.41) is 6.04. The van der Waals surface area contributed by atoms with E-state index in [0.717, 1.165) is 38.2 Å². The van der Waals surface area contributed by atoms with Crippen molar-refractivity contribution in [1.29, 1.82) is 0 Å². The van der Waals surface area contributed by atoms with E-state index >= 15 is 0 Å². The molecular weight excluding hydrogens is 508 g/mol. The minimum Gasteiger partial charge on any atom is -0.338 e. The molecule has 11 nitrogen and oxygen atoms in total. The zero-order chi connectivity index (χ0) is 26.6. The third kappa shape index (κ3) is 7.31. The Morgan fingerprint density at radius 2 is 1.61 bits per heavy atom. The molecule has 2 aromatic rings. The number of carbonyl (C=O) groups excluding carboxylic acids is 2. The van der Waals surface area contributed by atoms with E-state index in [-0.39, 0.29) is 30.2 Å². The fraction of sp³-hybridized carbons (Fsp3) is 0.538. The maximum atomic E-state index is 12.7. The normalized spacial score (nSPS) is 17.2. The van der Waals surface area contributed by atoms with Crippen molar-refractivity contribution in [3.63, 3.8) is 0 Å². The molecule has 2 fully saturated rings. The number of benzene rings is 1. The van der Waals surface area contributed by atoms with Crippen molar-refractivity contribution in [3.8, 4) is 5.69 Å².